The Bertz CT molecular complexity index is 802. The van der Waals surface area contributed by atoms with Crippen LogP contribution in [0.2, 0.25) is 0 Å². The van der Waals surface area contributed by atoms with Crippen molar-refractivity contribution in [3.05, 3.63) is 60.2 Å². The third kappa shape index (κ3) is 4.43. The molecule has 0 bridgehead atoms. The topological polar surface area (TPSA) is 66.5 Å². The number of sulfonamides is 1. The van der Waals surface area contributed by atoms with Crippen molar-refractivity contribution in [3.8, 4) is 0 Å². The lowest BCUT2D eigenvalue weighted by atomic mass is 9.97. The van der Waals surface area contributed by atoms with Gasteiger partial charge in [0.05, 0.1) is 4.90 Å². The zero-order chi connectivity index (χ0) is 17.7. The summed E-state index contributed by atoms with van der Waals surface area (Å²) in [6, 6.07) is 16.1. The molecule has 0 aromatic heterocycles. The number of nitrogens with one attached hydrogen (secondary N) is 1. The van der Waals surface area contributed by atoms with Crippen LogP contribution in [-0.2, 0) is 14.8 Å². The minimum atomic E-state index is -3.52. The van der Waals surface area contributed by atoms with Gasteiger partial charge in [-0.2, -0.15) is 0 Å². The van der Waals surface area contributed by atoms with E-state index in [9.17, 15) is 13.2 Å². The van der Waals surface area contributed by atoms with Gasteiger partial charge in [-0.25, -0.2) is 12.7 Å². The summed E-state index contributed by atoms with van der Waals surface area (Å²) in [7, 11) is -0.571. The van der Waals surface area contributed by atoms with Gasteiger partial charge in [0, 0.05) is 26.2 Å². The van der Waals surface area contributed by atoms with Crippen LogP contribution in [0.1, 0.15) is 24.8 Å². The molecule has 2 rings (SSSR count). The molecule has 128 valence electrons. The van der Waals surface area contributed by atoms with Gasteiger partial charge in [0.25, 0.3) is 0 Å². The molecule has 1 unspecified atom stereocenters. The Morgan fingerprint density at radius 3 is 2.38 bits per heavy atom. The second kappa shape index (κ2) is 7.59. The number of carbonyl (C=O) groups excluding carboxylic acids is 1. The monoisotopic (exact) mass is 346 g/mol. The van der Waals surface area contributed by atoms with Crippen molar-refractivity contribution in [1.82, 2.24) is 4.31 Å². The molecule has 6 heteroatoms. The number of amides is 1. The number of hydrogen-bond donors (Lipinski definition) is 1. The van der Waals surface area contributed by atoms with E-state index in [0.29, 0.717) is 12.1 Å². The summed E-state index contributed by atoms with van der Waals surface area (Å²) in [4.78, 5) is 12.4. The minimum Gasteiger partial charge on any atom is -0.326 e. The molecule has 1 atom stereocenters. The fourth-order valence-corrected chi connectivity index (χ4v) is 3.28. The summed E-state index contributed by atoms with van der Waals surface area (Å²) in [5.41, 5.74) is 1.57. The summed E-state index contributed by atoms with van der Waals surface area (Å²) in [6.07, 6.45) is 0.328. The zero-order valence-corrected chi connectivity index (χ0v) is 14.9. The Hall–Kier alpha value is -2.18. The Morgan fingerprint density at radius 2 is 1.75 bits per heavy atom. The average Bonchev–Trinajstić information content (AvgIpc) is 2.55. The SMILES string of the molecule is CC(CC(=O)Nc1cccc(S(=O)(=O)N(C)C)c1)c1ccccc1. The van der Waals surface area contributed by atoms with E-state index in [2.05, 4.69) is 5.32 Å². The zero-order valence-electron chi connectivity index (χ0n) is 14.1. The highest BCUT2D eigenvalue weighted by atomic mass is 32.2. The second-order valence-corrected chi connectivity index (χ2v) is 8.03. The molecule has 24 heavy (non-hydrogen) atoms. The quantitative estimate of drug-likeness (QED) is 0.874. The van der Waals surface area contributed by atoms with Crippen molar-refractivity contribution in [3.63, 3.8) is 0 Å². The summed E-state index contributed by atoms with van der Waals surface area (Å²) in [5.74, 6) is -0.0642. The molecule has 0 heterocycles. The van der Waals surface area contributed by atoms with E-state index in [4.69, 9.17) is 0 Å². The highest BCUT2D eigenvalue weighted by Gasteiger charge is 2.18. The predicted octanol–water partition coefficient (Wildman–Crippen LogP) is 3.07. The molecule has 0 aliphatic carbocycles. The van der Waals surface area contributed by atoms with Gasteiger partial charge < -0.3 is 5.32 Å². The number of nitrogens with zero attached hydrogens (tertiary/aromatic N) is 1. The van der Waals surface area contributed by atoms with E-state index < -0.39 is 10.0 Å². The molecule has 0 aliphatic rings. The number of rotatable bonds is 6. The molecule has 5 nitrogen and oxygen atoms in total. The van der Waals surface area contributed by atoms with Gasteiger partial charge in [0.2, 0.25) is 15.9 Å². The number of carbonyl (C=O) groups is 1. The van der Waals surface area contributed by atoms with Gasteiger partial charge in [-0.3, -0.25) is 4.79 Å². The van der Waals surface area contributed by atoms with Crippen LogP contribution in [0.5, 0.6) is 0 Å². The Labute approximate surface area is 143 Å². The Morgan fingerprint density at radius 1 is 1.08 bits per heavy atom. The maximum absolute atomic E-state index is 12.2. The fourth-order valence-electron chi connectivity index (χ4n) is 2.33. The Balaban J connectivity index is 2.07. The summed E-state index contributed by atoms with van der Waals surface area (Å²) in [6.45, 7) is 1.99. The van der Waals surface area contributed by atoms with E-state index in [1.54, 1.807) is 12.1 Å². The van der Waals surface area contributed by atoms with Gasteiger partial charge in [-0.05, 0) is 29.7 Å². The third-order valence-electron chi connectivity index (χ3n) is 3.76. The molecule has 0 spiro atoms. The van der Waals surface area contributed by atoms with Crippen molar-refractivity contribution in [2.75, 3.05) is 19.4 Å². The number of anilines is 1. The van der Waals surface area contributed by atoms with Crippen LogP contribution in [0, 0.1) is 0 Å². The maximum atomic E-state index is 12.2. The van der Waals surface area contributed by atoms with E-state index in [-0.39, 0.29) is 16.7 Å². The van der Waals surface area contributed by atoms with Crippen molar-refractivity contribution in [2.24, 2.45) is 0 Å². The highest BCUT2D eigenvalue weighted by molar-refractivity contribution is 7.89. The first-order valence-corrected chi connectivity index (χ1v) is 9.12. The normalized spacial score (nSPS) is 12.8. The lowest BCUT2D eigenvalue weighted by Gasteiger charge is -2.14. The summed E-state index contributed by atoms with van der Waals surface area (Å²) >= 11 is 0. The molecular formula is C18H22N2O3S. The van der Waals surface area contributed by atoms with Crippen LogP contribution in [-0.4, -0.2) is 32.7 Å². The van der Waals surface area contributed by atoms with Crippen molar-refractivity contribution in [2.45, 2.75) is 24.2 Å². The summed E-state index contributed by atoms with van der Waals surface area (Å²) in [5, 5.41) is 2.77. The molecule has 2 aromatic carbocycles. The van der Waals surface area contributed by atoms with Crippen LogP contribution < -0.4 is 5.32 Å². The molecule has 0 fully saturated rings. The van der Waals surface area contributed by atoms with Gasteiger partial charge >= 0.3 is 0 Å². The van der Waals surface area contributed by atoms with E-state index in [1.165, 1.54) is 26.2 Å². The summed E-state index contributed by atoms with van der Waals surface area (Å²) < 4.78 is 25.4. The minimum absolute atomic E-state index is 0.0832. The van der Waals surface area contributed by atoms with Crippen LogP contribution in [0.25, 0.3) is 0 Å². The molecular weight excluding hydrogens is 324 g/mol. The van der Waals surface area contributed by atoms with Crippen molar-refractivity contribution < 1.29 is 13.2 Å². The number of hydrogen-bond acceptors (Lipinski definition) is 3. The molecule has 0 saturated carbocycles. The largest absolute Gasteiger partial charge is 0.326 e. The van der Waals surface area contributed by atoms with Crippen LogP contribution in [0.4, 0.5) is 5.69 Å². The van der Waals surface area contributed by atoms with Gasteiger partial charge in [0.1, 0.15) is 0 Å². The maximum Gasteiger partial charge on any atom is 0.242 e. The van der Waals surface area contributed by atoms with Crippen molar-refractivity contribution >= 4 is 21.6 Å². The van der Waals surface area contributed by atoms with Crippen LogP contribution in [0.3, 0.4) is 0 Å². The molecule has 1 amide bonds. The molecule has 0 aliphatic heterocycles. The van der Waals surface area contributed by atoms with E-state index >= 15 is 0 Å². The standard InChI is InChI=1S/C18H22N2O3S/c1-14(15-8-5-4-6-9-15)12-18(21)19-16-10-7-11-17(13-16)24(22,23)20(2)3/h4-11,13-14H,12H2,1-3H3,(H,19,21). The van der Waals surface area contributed by atoms with E-state index in [0.717, 1.165) is 9.87 Å². The number of benzene rings is 2. The average molecular weight is 346 g/mol. The smallest absolute Gasteiger partial charge is 0.242 e. The first-order valence-electron chi connectivity index (χ1n) is 7.68. The Kier molecular flexibility index (Phi) is 5.75. The third-order valence-corrected chi connectivity index (χ3v) is 5.57. The second-order valence-electron chi connectivity index (χ2n) is 5.88. The van der Waals surface area contributed by atoms with E-state index in [1.807, 2.05) is 37.3 Å². The first-order chi connectivity index (χ1) is 11.3. The molecule has 1 N–H and O–H groups in total. The lowest BCUT2D eigenvalue weighted by Crippen LogP contribution is -2.22. The molecule has 2 aromatic rings. The molecule has 0 radical (unpaired) electrons. The van der Waals surface area contributed by atoms with Gasteiger partial charge in [0.15, 0.2) is 0 Å². The highest BCUT2D eigenvalue weighted by Crippen LogP contribution is 2.21. The fraction of sp³-hybridized carbons (Fsp3) is 0.278. The van der Waals surface area contributed by atoms with Crippen molar-refractivity contribution in [1.29, 1.82) is 0 Å². The van der Waals surface area contributed by atoms with Crippen LogP contribution >= 0.6 is 0 Å². The van der Waals surface area contributed by atoms with Crippen LogP contribution in [0.15, 0.2) is 59.5 Å². The van der Waals surface area contributed by atoms with Gasteiger partial charge in [-0.1, -0.05) is 43.3 Å². The molecule has 0 saturated heterocycles. The lowest BCUT2D eigenvalue weighted by molar-refractivity contribution is -0.116. The predicted molar refractivity (Wildman–Crippen MR) is 95.4 cm³/mol. The van der Waals surface area contributed by atoms with Gasteiger partial charge in [-0.15, -0.1) is 0 Å². The first kappa shape index (κ1) is 18.2.